The average Bonchev–Trinajstić information content (AvgIpc) is 3.08. The molecule has 1 aliphatic carbocycles. The van der Waals surface area contributed by atoms with Gasteiger partial charge in [0.15, 0.2) is 0 Å². The van der Waals surface area contributed by atoms with Gasteiger partial charge in [-0.3, -0.25) is 9.59 Å². The molecule has 1 fully saturated rings. The Morgan fingerprint density at radius 1 is 1.30 bits per heavy atom. The molecule has 1 saturated carbocycles. The molecule has 5 nitrogen and oxygen atoms in total. The summed E-state index contributed by atoms with van der Waals surface area (Å²) in [5.74, 6) is -0.0729. The second-order valence-corrected chi connectivity index (χ2v) is 6.02. The third-order valence-corrected chi connectivity index (χ3v) is 4.54. The SMILES string of the molecule is COCCN(C(=O)c1cc(=O)[nH]c2ccccc12)C1CCCC1. The highest BCUT2D eigenvalue weighted by Crippen LogP contribution is 2.26. The van der Waals surface area contributed by atoms with Gasteiger partial charge < -0.3 is 14.6 Å². The second kappa shape index (κ2) is 6.96. The van der Waals surface area contributed by atoms with Crippen LogP contribution in [0, 0.1) is 0 Å². The Labute approximate surface area is 135 Å². The molecule has 0 radical (unpaired) electrons. The van der Waals surface area contributed by atoms with Gasteiger partial charge >= 0.3 is 0 Å². The Morgan fingerprint density at radius 2 is 2.04 bits per heavy atom. The lowest BCUT2D eigenvalue weighted by atomic mass is 10.1. The van der Waals surface area contributed by atoms with Crippen LogP contribution in [-0.4, -0.2) is 42.1 Å². The highest BCUT2D eigenvalue weighted by molar-refractivity contribution is 6.06. The normalized spacial score (nSPS) is 15.2. The number of aromatic nitrogens is 1. The smallest absolute Gasteiger partial charge is 0.255 e. The number of methoxy groups -OCH3 is 1. The van der Waals surface area contributed by atoms with Crippen LogP contribution in [0.1, 0.15) is 36.0 Å². The lowest BCUT2D eigenvalue weighted by Gasteiger charge is -2.29. The first kappa shape index (κ1) is 15.7. The lowest BCUT2D eigenvalue weighted by molar-refractivity contribution is 0.0608. The predicted octanol–water partition coefficient (Wildman–Crippen LogP) is 2.56. The van der Waals surface area contributed by atoms with Gasteiger partial charge in [0, 0.05) is 36.7 Å². The fraction of sp³-hybridized carbons (Fsp3) is 0.444. The van der Waals surface area contributed by atoms with E-state index in [4.69, 9.17) is 4.74 Å². The van der Waals surface area contributed by atoms with Gasteiger partial charge in [-0.1, -0.05) is 31.0 Å². The van der Waals surface area contributed by atoms with Crippen molar-refractivity contribution < 1.29 is 9.53 Å². The monoisotopic (exact) mass is 314 g/mol. The van der Waals surface area contributed by atoms with Crippen molar-refractivity contribution >= 4 is 16.8 Å². The number of carbonyl (C=O) groups excluding carboxylic acids is 1. The van der Waals surface area contributed by atoms with E-state index < -0.39 is 0 Å². The summed E-state index contributed by atoms with van der Waals surface area (Å²) in [4.78, 5) is 29.7. The molecule has 5 heteroatoms. The Morgan fingerprint density at radius 3 is 2.78 bits per heavy atom. The van der Waals surface area contributed by atoms with E-state index in [1.54, 1.807) is 7.11 Å². The molecule has 1 heterocycles. The molecule has 1 N–H and O–H groups in total. The minimum absolute atomic E-state index is 0.0729. The number of H-pyrrole nitrogens is 1. The van der Waals surface area contributed by atoms with Crippen molar-refractivity contribution in [3.8, 4) is 0 Å². The molecule has 0 spiro atoms. The zero-order chi connectivity index (χ0) is 16.2. The van der Waals surface area contributed by atoms with E-state index in [0.29, 0.717) is 24.2 Å². The van der Waals surface area contributed by atoms with Crippen LogP contribution < -0.4 is 5.56 Å². The molecule has 1 aromatic carbocycles. The number of hydrogen-bond acceptors (Lipinski definition) is 3. The van der Waals surface area contributed by atoms with Gasteiger partial charge in [0.25, 0.3) is 5.91 Å². The van der Waals surface area contributed by atoms with E-state index >= 15 is 0 Å². The molecule has 1 aromatic heterocycles. The number of nitrogens with zero attached hydrogens (tertiary/aromatic N) is 1. The van der Waals surface area contributed by atoms with E-state index in [2.05, 4.69) is 4.98 Å². The molecule has 0 saturated heterocycles. The largest absolute Gasteiger partial charge is 0.383 e. The number of amides is 1. The summed E-state index contributed by atoms with van der Waals surface area (Å²) in [6.07, 6.45) is 4.35. The number of hydrogen-bond donors (Lipinski definition) is 1. The van der Waals surface area contributed by atoms with Gasteiger partial charge in [-0.2, -0.15) is 0 Å². The standard InChI is InChI=1S/C18H22N2O3/c1-23-11-10-20(13-6-2-3-7-13)18(22)15-12-17(21)19-16-9-5-4-8-14(15)16/h4-5,8-9,12-13H,2-3,6-7,10-11H2,1H3,(H,19,21). The maximum Gasteiger partial charge on any atom is 0.255 e. The molecular formula is C18H22N2O3. The number of pyridine rings is 1. The van der Waals surface area contributed by atoms with Crippen molar-refractivity contribution in [3.63, 3.8) is 0 Å². The predicted molar refractivity (Wildman–Crippen MR) is 89.7 cm³/mol. The molecule has 2 aromatic rings. The highest BCUT2D eigenvalue weighted by atomic mass is 16.5. The van der Waals surface area contributed by atoms with Gasteiger partial charge in [0.1, 0.15) is 0 Å². The fourth-order valence-corrected chi connectivity index (χ4v) is 3.39. The van der Waals surface area contributed by atoms with Crippen LogP contribution in [-0.2, 0) is 4.74 Å². The summed E-state index contributed by atoms with van der Waals surface area (Å²) < 4.78 is 5.17. The molecule has 0 aliphatic heterocycles. The van der Waals surface area contributed by atoms with Gasteiger partial charge in [-0.05, 0) is 18.9 Å². The lowest BCUT2D eigenvalue weighted by Crippen LogP contribution is -2.41. The quantitative estimate of drug-likeness (QED) is 0.922. The van der Waals surface area contributed by atoms with Crippen molar-refractivity contribution in [1.29, 1.82) is 0 Å². The zero-order valence-electron chi connectivity index (χ0n) is 13.4. The van der Waals surface area contributed by atoms with Crippen LogP contribution in [0.25, 0.3) is 10.9 Å². The van der Waals surface area contributed by atoms with Gasteiger partial charge in [0.05, 0.1) is 12.2 Å². The summed E-state index contributed by atoms with van der Waals surface area (Å²) in [7, 11) is 1.64. The Balaban J connectivity index is 2.00. The molecule has 23 heavy (non-hydrogen) atoms. The van der Waals surface area contributed by atoms with Crippen LogP contribution in [0.2, 0.25) is 0 Å². The van der Waals surface area contributed by atoms with Crippen molar-refractivity contribution in [2.24, 2.45) is 0 Å². The first-order valence-corrected chi connectivity index (χ1v) is 8.12. The average molecular weight is 314 g/mol. The number of para-hydroxylation sites is 1. The molecular weight excluding hydrogens is 292 g/mol. The maximum atomic E-state index is 13.1. The van der Waals surface area contributed by atoms with E-state index in [9.17, 15) is 9.59 Å². The van der Waals surface area contributed by atoms with Crippen molar-refractivity contribution in [2.75, 3.05) is 20.3 Å². The van der Waals surface area contributed by atoms with E-state index in [1.165, 1.54) is 6.07 Å². The molecule has 122 valence electrons. The molecule has 0 atom stereocenters. The fourth-order valence-electron chi connectivity index (χ4n) is 3.39. The van der Waals surface area contributed by atoms with Gasteiger partial charge in [-0.15, -0.1) is 0 Å². The first-order chi connectivity index (χ1) is 11.2. The summed E-state index contributed by atoms with van der Waals surface area (Å²) >= 11 is 0. The number of nitrogens with one attached hydrogen (secondary N) is 1. The number of fused-ring (bicyclic) bond motifs is 1. The van der Waals surface area contributed by atoms with E-state index in [-0.39, 0.29) is 17.5 Å². The molecule has 0 bridgehead atoms. The number of rotatable bonds is 5. The second-order valence-electron chi connectivity index (χ2n) is 6.02. The van der Waals surface area contributed by atoms with Crippen molar-refractivity contribution in [3.05, 3.63) is 46.2 Å². The van der Waals surface area contributed by atoms with Crippen molar-refractivity contribution in [1.82, 2.24) is 9.88 Å². The Kier molecular flexibility index (Phi) is 4.76. The minimum Gasteiger partial charge on any atom is -0.383 e. The van der Waals surface area contributed by atoms with E-state index in [1.807, 2.05) is 29.2 Å². The van der Waals surface area contributed by atoms with Crippen LogP contribution in [0.4, 0.5) is 0 Å². The molecule has 1 amide bonds. The number of ether oxygens (including phenoxy) is 1. The molecule has 0 unspecified atom stereocenters. The summed E-state index contributed by atoms with van der Waals surface area (Å²) in [5, 5.41) is 0.789. The summed E-state index contributed by atoms with van der Waals surface area (Å²) in [6.45, 7) is 1.06. The van der Waals surface area contributed by atoms with Crippen molar-refractivity contribution in [2.45, 2.75) is 31.7 Å². The number of aromatic amines is 1. The summed E-state index contributed by atoms with van der Waals surface area (Å²) in [6, 6.07) is 9.10. The summed E-state index contributed by atoms with van der Waals surface area (Å²) in [5.41, 5.74) is 0.930. The first-order valence-electron chi connectivity index (χ1n) is 8.12. The van der Waals surface area contributed by atoms with E-state index in [0.717, 1.165) is 31.1 Å². The minimum atomic E-state index is -0.245. The van der Waals surface area contributed by atoms with Crippen LogP contribution in [0.3, 0.4) is 0 Å². The topological polar surface area (TPSA) is 62.4 Å². The number of benzene rings is 1. The van der Waals surface area contributed by atoms with Crippen LogP contribution in [0.15, 0.2) is 35.1 Å². The van der Waals surface area contributed by atoms with Gasteiger partial charge in [-0.25, -0.2) is 0 Å². The third-order valence-electron chi connectivity index (χ3n) is 4.54. The molecule has 3 rings (SSSR count). The van der Waals surface area contributed by atoms with Gasteiger partial charge in [0.2, 0.25) is 5.56 Å². The zero-order valence-corrected chi connectivity index (χ0v) is 13.4. The van der Waals surface area contributed by atoms with Crippen LogP contribution >= 0.6 is 0 Å². The Bertz CT molecular complexity index is 747. The molecule has 1 aliphatic rings. The number of carbonyl (C=O) groups is 1. The highest BCUT2D eigenvalue weighted by Gasteiger charge is 2.28. The Hall–Kier alpha value is -2.14. The maximum absolute atomic E-state index is 13.1. The van der Waals surface area contributed by atoms with Crippen LogP contribution in [0.5, 0.6) is 0 Å². The third kappa shape index (κ3) is 3.29.